The molecule has 3 heterocycles. The number of halogens is 3. The van der Waals surface area contributed by atoms with Gasteiger partial charge in [0.15, 0.2) is 0 Å². The number of morpholine rings is 1. The molecule has 1 spiro atoms. The molecule has 8 nitrogen and oxygen atoms in total. The lowest BCUT2D eigenvalue weighted by molar-refractivity contribution is -0.192. The summed E-state index contributed by atoms with van der Waals surface area (Å²) in [5, 5.41) is 11.3. The van der Waals surface area contributed by atoms with E-state index >= 15 is 0 Å². The van der Waals surface area contributed by atoms with E-state index in [9.17, 15) is 18.0 Å². The maximum Gasteiger partial charge on any atom is 0.490 e. The Kier molecular flexibility index (Phi) is 7.19. The molecule has 0 saturated carbocycles. The van der Waals surface area contributed by atoms with Crippen molar-refractivity contribution in [3.8, 4) is 0 Å². The quantitative estimate of drug-likeness (QED) is 0.767. The topological polar surface area (TPSA) is 87.9 Å². The second-order valence-electron chi connectivity index (χ2n) is 7.89. The third-order valence-electron chi connectivity index (χ3n) is 5.51. The van der Waals surface area contributed by atoms with Crippen molar-refractivity contribution in [1.82, 2.24) is 14.7 Å². The van der Waals surface area contributed by atoms with Crippen molar-refractivity contribution in [2.75, 3.05) is 31.1 Å². The molecule has 0 atom stereocenters. The lowest BCUT2D eigenvalue weighted by atomic mass is 9.89. The highest BCUT2D eigenvalue weighted by molar-refractivity contribution is 5.94. The molecular formula is C21H25F3N4O4. The number of aryl methyl sites for hydroxylation is 1. The van der Waals surface area contributed by atoms with Crippen LogP contribution in [0, 0.1) is 0 Å². The van der Waals surface area contributed by atoms with Gasteiger partial charge < -0.3 is 14.7 Å². The number of rotatable bonds is 3. The maximum atomic E-state index is 12.3. The smallest absolute Gasteiger partial charge is 0.475 e. The van der Waals surface area contributed by atoms with Crippen LogP contribution in [-0.4, -0.2) is 69.7 Å². The second kappa shape index (κ2) is 9.70. The zero-order chi connectivity index (χ0) is 23.4. The molecule has 1 N–H and O–H groups in total. The molecule has 0 unspecified atom stereocenters. The summed E-state index contributed by atoms with van der Waals surface area (Å²) >= 11 is 0. The van der Waals surface area contributed by atoms with Gasteiger partial charge in [0.1, 0.15) is 6.61 Å². The van der Waals surface area contributed by atoms with Crippen LogP contribution < -0.4 is 4.90 Å². The van der Waals surface area contributed by atoms with Crippen LogP contribution in [0.5, 0.6) is 0 Å². The fraction of sp³-hybridized carbons (Fsp3) is 0.476. The van der Waals surface area contributed by atoms with Crippen molar-refractivity contribution < 1.29 is 32.6 Å². The van der Waals surface area contributed by atoms with Crippen LogP contribution in [0.2, 0.25) is 0 Å². The van der Waals surface area contributed by atoms with Crippen LogP contribution in [0.4, 0.5) is 18.9 Å². The zero-order valence-electron chi connectivity index (χ0n) is 17.6. The Morgan fingerprint density at radius 1 is 1.22 bits per heavy atom. The predicted molar refractivity (Wildman–Crippen MR) is 109 cm³/mol. The summed E-state index contributed by atoms with van der Waals surface area (Å²) in [4.78, 5) is 25.5. The number of amides is 1. The van der Waals surface area contributed by atoms with E-state index in [-0.39, 0.29) is 18.1 Å². The highest BCUT2D eigenvalue weighted by atomic mass is 19.4. The van der Waals surface area contributed by atoms with E-state index in [1.165, 1.54) is 5.56 Å². The van der Waals surface area contributed by atoms with Gasteiger partial charge >= 0.3 is 12.1 Å². The van der Waals surface area contributed by atoms with E-state index in [4.69, 9.17) is 14.6 Å². The van der Waals surface area contributed by atoms with Gasteiger partial charge in [0.05, 0.1) is 24.0 Å². The normalized spacial score (nSPS) is 18.9. The maximum absolute atomic E-state index is 12.3. The predicted octanol–water partition coefficient (Wildman–Crippen LogP) is 2.45. The summed E-state index contributed by atoms with van der Waals surface area (Å²) in [6.07, 6.45) is 0.455. The van der Waals surface area contributed by atoms with Crippen molar-refractivity contribution in [2.45, 2.75) is 31.2 Å². The number of nitrogens with zero attached hydrogens (tertiary/aromatic N) is 4. The van der Waals surface area contributed by atoms with Crippen LogP contribution in [0.15, 0.2) is 42.7 Å². The van der Waals surface area contributed by atoms with Gasteiger partial charge in [-0.2, -0.15) is 18.3 Å². The zero-order valence-corrected chi connectivity index (χ0v) is 17.6. The third-order valence-corrected chi connectivity index (χ3v) is 5.51. The highest BCUT2D eigenvalue weighted by Crippen LogP contribution is 2.33. The van der Waals surface area contributed by atoms with Gasteiger partial charge in [-0.3, -0.25) is 14.4 Å². The number of carbonyl (C=O) groups is 2. The summed E-state index contributed by atoms with van der Waals surface area (Å²) in [5.41, 5.74) is 1.98. The first-order chi connectivity index (χ1) is 15.1. The Labute approximate surface area is 183 Å². The van der Waals surface area contributed by atoms with Crippen molar-refractivity contribution >= 4 is 17.6 Å². The summed E-state index contributed by atoms with van der Waals surface area (Å²) in [6.45, 7) is 3.74. The Hall–Kier alpha value is -2.92. The van der Waals surface area contributed by atoms with E-state index in [0.717, 1.165) is 38.2 Å². The van der Waals surface area contributed by atoms with Gasteiger partial charge in [-0.25, -0.2) is 4.79 Å². The second-order valence-corrected chi connectivity index (χ2v) is 7.89. The molecule has 0 bridgehead atoms. The number of hydrogen-bond acceptors (Lipinski definition) is 5. The monoisotopic (exact) mass is 454 g/mol. The average Bonchev–Trinajstić information content (AvgIpc) is 3.18. The number of aliphatic carboxylic acids is 1. The summed E-state index contributed by atoms with van der Waals surface area (Å²) < 4.78 is 39.5. The van der Waals surface area contributed by atoms with E-state index in [0.29, 0.717) is 6.54 Å². The van der Waals surface area contributed by atoms with Crippen molar-refractivity contribution in [3.05, 3.63) is 48.3 Å². The minimum Gasteiger partial charge on any atom is -0.475 e. The first-order valence-electron chi connectivity index (χ1n) is 10.1. The number of ether oxygens (including phenoxy) is 1. The molecule has 2 saturated heterocycles. The Morgan fingerprint density at radius 3 is 2.38 bits per heavy atom. The standard InChI is InChI=1S/C19H24N4O2.C2HF3O2/c1-21-13-17(11-20-21)23-15-19(25-14-18(23)24)7-9-22(10-8-19)12-16-5-3-2-4-6-16;3-2(4,5)1(6)7/h2-6,11,13H,7-10,12,14-15H2,1H3;(H,6,7). The van der Waals surface area contributed by atoms with Crippen LogP contribution in [0.25, 0.3) is 0 Å². The highest BCUT2D eigenvalue weighted by Gasteiger charge is 2.43. The number of carboxylic acids is 1. The van der Waals surface area contributed by atoms with Crippen molar-refractivity contribution in [1.29, 1.82) is 0 Å². The fourth-order valence-electron chi connectivity index (χ4n) is 3.76. The molecule has 2 aliphatic heterocycles. The molecule has 1 aromatic carbocycles. The summed E-state index contributed by atoms with van der Waals surface area (Å²) in [5.74, 6) is -2.74. The van der Waals surface area contributed by atoms with Gasteiger partial charge in [0.25, 0.3) is 5.91 Å². The van der Waals surface area contributed by atoms with Crippen LogP contribution >= 0.6 is 0 Å². The Balaban J connectivity index is 0.000000360. The van der Waals surface area contributed by atoms with Gasteiger partial charge in [-0.05, 0) is 18.4 Å². The van der Waals surface area contributed by atoms with Gasteiger partial charge in [0.2, 0.25) is 0 Å². The molecule has 11 heteroatoms. The molecule has 32 heavy (non-hydrogen) atoms. The van der Waals surface area contributed by atoms with Crippen LogP contribution in [0.3, 0.4) is 0 Å². The molecule has 174 valence electrons. The lowest BCUT2D eigenvalue weighted by Crippen LogP contribution is -2.58. The molecule has 2 aromatic rings. The average molecular weight is 454 g/mol. The third kappa shape index (κ3) is 6.07. The number of benzene rings is 1. The number of alkyl halides is 3. The molecule has 0 aliphatic carbocycles. The Morgan fingerprint density at radius 2 is 1.84 bits per heavy atom. The van der Waals surface area contributed by atoms with E-state index in [1.54, 1.807) is 10.9 Å². The van der Waals surface area contributed by atoms with E-state index < -0.39 is 12.1 Å². The molecule has 1 aromatic heterocycles. The van der Waals surface area contributed by atoms with Gasteiger partial charge in [0, 0.05) is 32.9 Å². The molecule has 4 rings (SSSR count). The largest absolute Gasteiger partial charge is 0.490 e. The number of carboxylic acid groups (broad SMARTS) is 1. The van der Waals surface area contributed by atoms with Gasteiger partial charge in [-0.1, -0.05) is 30.3 Å². The molecule has 1 amide bonds. The molecule has 0 radical (unpaired) electrons. The number of likely N-dealkylation sites (tertiary alicyclic amines) is 1. The lowest BCUT2D eigenvalue weighted by Gasteiger charge is -2.46. The van der Waals surface area contributed by atoms with Crippen LogP contribution in [0.1, 0.15) is 18.4 Å². The number of aromatic nitrogens is 2. The summed E-state index contributed by atoms with van der Waals surface area (Å²) in [7, 11) is 1.87. The molecule has 2 fully saturated rings. The van der Waals surface area contributed by atoms with Gasteiger partial charge in [-0.15, -0.1) is 0 Å². The molecular weight excluding hydrogens is 429 g/mol. The minimum absolute atomic E-state index is 0.0188. The van der Waals surface area contributed by atoms with Crippen molar-refractivity contribution in [3.63, 3.8) is 0 Å². The number of carbonyl (C=O) groups excluding carboxylic acids is 1. The number of piperidine rings is 1. The Bertz CT molecular complexity index is 925. The van der Waals surface area contributed by atoms with Crippen molar-refractivity contribution in [2.24, 2.45) is 7.05 Å². The van der Waals surface area contributed by atoms with Crippen LogP contribution in [-0.2, 0) is 27.9 Å². The number of hydrogen-bond donors (Lipinski definition) is 1. The van der Waals surface area contributed by atoms with E-state index in [2.05, 4.69) is 40.3 Å². The van der Waals surface area contributed by atoms with E-state index in [1.807, 2.05) is 18.1 Å². The first-order valence-corrected chi connectivity index (χ1v) is 10.1. The fourth-order valence-corrected chi connectivity index (χ4v) is 3.76. The summed E-state index contributed by atoms with van der Waals surface area (Å²) in [6, 6.07) is 10.6. The minimum atomic E-state index is -5.08. The molecule has 2 aliphatic rings. The first kappa shape index (κ1) is 23.7. The number of anilines is 1. The SMILES string of the molecule is Cn1cc(N2CC3(CCN(Cc4ccccc4)CC3)OCC2=O)cn1.O=C(O)C(F)(F)F.